The summed E-state index contributed by atoms with van der Waals surface area (Å²) in [6.07, 6.45) is 0.454. The first-order valence-corrected chi connectivity index (χ1v) is 12.4. The molecule has 8 nitrogen and oxygen atoms in total. The second-order valence-electron chi connectivity index (χ2n) is 7.91. The molecule has 1 atom stereocenters. The Hall–Kier alpha value is -2.62. The number of carbonyl (C=O) groups excluding carboxylic acids is 1. The lowest BCUT2D eigenvalue weighted by Crippen LogP contribution is -2.36. The maximum Gasteiger partial charge on any atom is 0.261 e. The van der Waals surface area contributed by atoms with Crippen LogP contribution < -0.4 is 14.4 Å². The molecule has 1 amide bonds. The summed E-state index contributed by atoms with van der Waals surface area (Å²) in [5.74, 6) is 0.269. The highest BCUT2D eigenvalue weighted by molar-refractivity contribution is 7.92. The molecule has 32 heavy (non-hydrogen) atoms. The van der Waals surface area contributed by atoms with Gasteiger partial charge in [0.25, 0.3) is 5.91 Å². The van der Waals surface area contributed by atoms with E-state index in [1.807, 2.05) is 12.1 Å². The van der Waals surface area contributed by atoms with Gasteiger partial charge in [0.2, 0.25) is 10.0 Å². The van der Waals surface area contributed by atoms with E-state index in [1.54, 1.807) is 31.2 Å². The molecule has 3 rings (SSSR count). The molecule has 1 heterocycles. The largest absolute Gasteiger partial charge is 0.481 e. The van der Waals surface area contributed by atoms with Gasteiger partial charge in [0, 0.05) is 33.2 Å². The Balaban J connectivity index is 1.46. The van der Waals surface area contributed by atoms with Crippen molar-refractivity contribution in [2.75, 3.05) is 43.9 Å². The van der Waals surface area contributed by atoms with Crippen molar-refractivity contribution in [3.63, 3.8) is 0 Å². The van der Waals surface area contributed by atoms with Crippen LogP contribution in [-0.2, 0) is 32.6 Å². The van der Waals surface area contributed by atoms with E-state index in [9.17, 15) is 13.2 Å². The Morgan fingerprint density at radius 3 is 2.28 bits per heavy atom. The SMILES string of the molecule is C[C@H](Oc1ccc(N(C)S(C)(=O)=O)cc1)C(=O)NCc1ccc(CN2CCOCC2)cc1. The predicted molar refractivity (Wildman–Crippen MR) is 124 cm³/mol. The summed E-state index contributed by atoms with van der Waals surface area (Å²) < 4.78 is 35.5. The van der Waals surface area contributed by atoms with Gasteiger partial charge in [0.1, 0.15) is 5.75 Å². The molecule has 1 N–H and O–H groups in total. The van der Waals surface area contributed by atoms with E-state index in [-0.39, 0.29) is 5.91 Å². The Labute approximate surface area is 190 Å². The first-order valence-electron chi connectivity index (χ1n) is 10.6. The van der Waals surface area contributed by atoms with Crippen LogP contribution in [0.5, 0.6) is 5.75 Å². The molecule has 0 saturated carbocycles. The second-order valence-corrected chi connectivity index (χ2v) is 9.92. The van der Waals surface area contributed by atoms with Crippen LogP contribution in [0, 0.1) is 0 Å². The molecule has 9 heteroatoms. The number of morpholine rings is 1. The normalized spacial score (nSPS) is 15.7. The van der Waals surface area contributed by atoms with Crippen molar-refractivity contribution in [2.24, 2.45) is 0 Å². The van der Waals surface area contributed by atoms with Gasteiger partial charge in [0.05, 0.1) is 25.2 Å². The molecule has 1 fully saturated rings. The van der Waals surface area contributed by atoms with Crippen molar-refractivity contribution in [1.82, 2.24) is 10.2 Å². The van der Waals surface area contributed by atoms with Crippen molar-refractivity contribution in [3.8, 4) is 5.75 Å². The minimum atomic E-state index is -3.33. The number of nitrogens with zero attached hydrogens (tertiary/aromatic N) is 2. The first kappa shape index (κ1) is 24.0. The van der Waals surface area contributed by atoms with E-state index in [0.717, 1.165) is 44.7 Å². The molecule has 0 aliphatic carbocycles. The fourth-order valence-electron chi connectivity index (χ4n) is 3.30. The third kappa shape index (κ3) is 6.94. The zero-order valence-electron chi connectivity index (χ0n) is 18.8. The average molecular weight is 462 g/mol. The van der Waals surface area contributed by atoms with E-state index in [4.69, 9.17) is 9.47 Å². The monoisotopic (exact) mass is 461 g/mol. The number of hydrogen-bond acceptors (Lipinski definition) is 6. The average Bonchev–Trinajstić information content (AvgIpc) is 2.78. The third-order valence-corrected chi connectivity index (χ3v) is 6.59. The highest BCUT2D eigenvalue weighted by Crippen LogP contribution is 2.21. The summed E-state index contributed by atoms with van der Waals surface area (Å²) in [6.45, 7) is 6.47. The topological polar surface area (TPSA) is 88.2 Å². The molecule has 2 aromatic carbocycles. The number of benzene rings is 2. The van der Waals surface area contributed by atoms with Crippen LogP contribution in [0.4, 0.5) is 5.69 Å². The van der Waals surface area contributed by atoms with Gasteiger partial charge in [-0.1, -0.05) is 24.3 Å². The minimum Gasteiger partial charge on any atom is -0.481 e. The fraction of sp³-hybridized carbons (Fsp3) is 0.435. The lowest BCUT2D eigenvalue weighted by Gasteiger charge is -2.26. The van der Waals surface area contributed by atoms with Crippen LogP contribution in [0.25, 0.3) is 0 Å². The van der Waals surface area contributed by atoms with Crippen LogP contribution in [-0.4, -0.2) is 64.9 Å². The Kier molecular flexibility index (Phi) is 8.11. The predicted octanol–water partition coefficient (Wildman–Crippen LogP) is 2.00. The van der Waals surface area contributed by atoms with Crippen molar-refractivity contribution in [2.45, 2.75) is 26.1 Å². The van der Waals surface area contributed by atoms with Gasteiger partial charge >= 0.3 is 0 Å². The highest BCUT2D eigenvalue weighted by Gasteiger charge is 2.16. The standard InChI is InChI=1S/C23H31N3O5S/c1-18(31-22-10-8-21(9-11-22)25(2)32(3,28)29)23(27)24-16-19-4-6-20(7-5-19)17-26-12-14-30-15-13-26/h4-11,18H,12-17H2,1-3H3,(H,24,27)/t18-/m0/s1. The Bertz CT molecular complexity index is 987. The fourth-order valence-corrected chi connectivity index (χ4v) is 3.80. The van der Waals surface area contributed by atoms with Gasteiger partial charge in [-0.3, -0.25) is 14.0 Å². The number of nitrogens with one attached hydrogen (secondary N) is 1. The van der Waals surface area contributed by atoms with Gasteiger partial charge in [-0.2, -0.15) is 0 Å². The number of amides is 1. The second kappa shape index (κ2) is 10.8. The van der Waals surface area contributed by atoms with Crippen molar-refractivity contribution in [3.05, 3.63) is 59.7 Å². The quantitative estimate of drug-likeness (QED) is 0.615. The smallest absolute Gasteiger partial charge is 0.261 e. The zero-order valence-corrected chi connectivity index (χ0v) is 19.6. The van der Waals surface area contributed by atoms with Gasteiger partial charge in [-0.25, -0.2) is 8.42 Å². The molecule has 174 valence electrons. The van der Waals surface area contributed by atoms with Gasteiger partial charge in [0.15, 0.2) is 6.10 Å². The summed E-state index contributed by atoms with van der Waals surface area (Å²) in [4.78, 5) is 14.8. The molecule has 2 aromatic rings. The molecule has 0 spiro atoms. The summed E-state index contributed by atoms with van der Waals surface area (Å²) in [7, 11) is -1.85. The Morgan fingerprint density at radius 2 is 1.69 bits per heavy atom. The lowest BCUT2D eigenvalue weighted by atomic mass is 10.1. The third-order valence-electron chi connectivity index (χ3n) is 5.38. The van der Waals surface area contributed by atoms with Crippen LogP contribution in [0.3, 0.4) is 0 Å². The number of anilines is 1. The molecular formula is C23H31N3O5S. The summed E-state index contributed by atoms with van der Waals surface area (Å²) >= 11 is 0. The molecule has 1 saturated heterocycles. The van der Waals surface area contributed by atoms with E-state index in [0.29, 0.717) is 18.0 Å². The number of ether oxygens (including phenoxy) is 2. The van der Waals surface area contributed by atoms with E-state index >= 15 is 0 Å². The van der Waals surface area contributed by atoms with E-state index in [2.05, 4.69) is 22.3 Å². The van der Waals surface area contributed by atoms with Crippen molar-refractivity contribution >= 4 is 21.6 Å². The van der Waals surface area contributed by atoms with Crippen LogP contribution in [0.1, 0.15) is 18.1 Å². The first-order chi connectivity index (χ1) is 15.2. The highest BCUT2D eigenvalue weighted by atomic mass is 32.2. The molecule has 1 aliphatic rings. The summed E-state index contributed by atoms with van der Waals surface area (Å²) in [5, 5.41) is 2.89. The summed E-state index contributed by atoms with van der Waals surface area (Å²) in [5.41, 5.74) is 2.78. The number of sulfonamides is 1. The number of hydrogen-bond donors (Lipinski definition) is 1. The van der Waals surface area contributed by atoms with Crippen LogP contribution in [0.15, 0.2) is 48.5 Å². The van der Waals surface area contributed by atoms with Gasteiger partial charge < -0.3 is 14.8 Å². The number of carbonyl (C=O) groups is 1. The van der Waals surface area contributed by atoms with Crippen LogP contribution >= 0.6 is 0 Å². The van der Waals surface area contributed by atoms with Crippen molar-refractivity contribution in [1.29, 1.82) is 0 Å². The van der Waals surface area contributed by atoms with Gasteiger partial charge in [-0.15, -0.1) is 0 Å². The van der Waals surface area contributed by atoms with E-state index < -0.39 is 16.1 Å². The molecule has 0 unspecified atom stereocenters. The van der Waals surface area contributed by atoms with E-state index in [1.165, 1.54) is 16.9 Å². The van der Waals surface area contributed by atoms with Crippen molar-refractivity contribution < 1.29 is 22.7 Å². The maximum absolute atomic E-state index is 12.4. The van der Waals surface area contributed by atoms with Crippen LogP contribution in [0.2, 0.25) is 0 Å². The summed E-state index contributed by atoms with van der Waals surface area (Å²) in [6, 6.07) is 14.8. The molecule has 0 aromatic heterocycles. The lowest BCUT2D eigenvalue weighted by molar-refractivity contribution is -0.127. The number of rotatable bonds is 9. The molecular weight excluding hydrogens is 430 g/mol. The van der Waals surface area contributed by atoms with Gasteiger partial charge in [-0.05, 0) is 42.3 Å². The molecule has 1 aliphatic heterocycles. The minimum absolute atomic E-state index is 0.222. The molecule has 0 bridgehead atoms. The maximum atomic E-state index is 12.4. The Morgan fingerprint density at radius 1 is 1.09 bits per heavy atom. The molecule has 0 radical (unpaired) electrons. The zero-order chi connectivity index (χ0) is 23.1.